The van der Waals surface area contributed by atoms with Crippen molar-refractivity contribution in [2.75, 3.05) is 27.2 Å². The summed E-state index contributed by atoms with van der Waals surface area (Å²) in [6.07, 6.45) is 5.71. The van der Waals surface area contributed by atoms with E-state index in [0.717, 1.165) is 25.9 Å². The lowest BCUT2D eigenvalue weighted by atomic mass is 10.0. The van der Waals surface area contributed by atoms with Gasteiger partial charge < -0.3 is 15.1 Å². The van der Waals surface area contributed by atoms with E-state index in [4.69, 9.17) is 0 Å². The van der Waals surface area contributed by atoms with Crippen molar-refractivity contribution in [3.63, 3.8) is 0 Å². The van der Waals surface area contributed by atoms with Gasteiger partial charge in [0, 0.05) is 51.7 Å². The molecule has 1 aliphatic rings. The Labute approximate surface area is 121 Å². The highest BCUT2D eigenvalue weighted by Gasteiger charge is 2.24. The van der Waals surface area contributed by atoms with E-state index in [2.05, 4.69) is 23.3 Å². The number of aromatic nitrogens is 1. The normalized spacial score (nSPS) is 17.9. The van der Waals surface area contributed by atoms with Crippen LogP contribution in [0, 0.1) is 0 Å². The second-order valence-electron chi connectivity index (χ2n) is 5.61. The SMILES string of the molecule is C[C@H](NC1CCN(C(=O)N(C)C)CC1)c1cccnc1. The van der Waals surface area contributed by atoms with E-state index in [1.165, 1.54) is 5.56 Å². The van der Waals surface area contributed by atoms with Crippen LogP contribution in [-0.2, 0) is 0 Å². The van der Waals surface area contributed by atoms with Crippen molar-refractivity contribution in [3.05, 3.63) is 30.1 Å². The Kier molecular flexibility index (Phi) is 4.95. The first-order chi connectivity index (χ1) is 9.58. The molecule has 1 aromatic heterocycles. The Morgan fingerprint density at radius 3 is 2.70 bits per heavy atom. The van der Waals surface area contributed by atoms with Crippen LogP contribution in [0.25, 0.3) is 0 Å². The third-order valence-corrected chi connectivity index (χ3v) is 3.82. The van der Waals surface area contributed by atoms with Crippen molar-refractivity contribution in [3.8, 4) is 0 Å². The number of piperidine rings is 1. The van der Waals surface area contributed by atoms with E-state index < -0.39 is 0 Å². The summed E-state index contributed by atoms with van der Waals surface area (Å²) in [6.45, 7) is 3.82. The van der Waals surface area contributed by atoms with E-state index in [0.29, 0.717) is 12.1 Å². The zero-order valence-corrected chi connectivity index (χ0v) is 12.5. The molecule has 0 aromatic carbocycles. The standard InChI is InChI=1S/C15H24N4O/c1-12(13-5-4-8-16-11-13)17-14-6-9-19(10-7-14)15(20)18(2)3/h4-5,8,11-12,14,17H,6-7,9-10H2,1-3H3/t12-/m0/s1. The average molecular weight is 276 g/mol. The minimum atomic E-state index is 0.115. The first-order valence-electron chi connectivity index (χ1n) is 7.20. The Morgan fingerprint density at radius 2 is 2.15 bits per heavy atom. The van der Waals surface area contributed by atoms with Crippen molar-refractivity contribution >= 4 is 6.03 Å². The molecule has 1 aromatic rings. The molecule has 0 bridgehead atoms. The van der Waals surface area contributed by atoms with Crippen LogP contribution in [0.15, 0.2) is 24.5 Å². The van der Waals surface area contributed by atoms with E-state index in [-0.39, 0.29) is 6.03 Å². The van der Waals surface area contributed by atoms with Crippen molar-refractivity contribution in [1.29, 1.82) is 0 Å². The topological polar surface area (TPSA) is 48.5 Å². The van der Waals surface area contributed by atoms with Gasteiger partial charge in [-0.1, -0.05) is 6.07 Å². The largest absolute Gasteiger partial charge is 0.331 e. The summed E-state index contributed by atoms with van der Waals surface area (Å²) in [5.74, 6) is 0. The van der Waals surface area contributed by atoms with Gasteiger partial charge in [-0.15, -0.1) is 0 Å². The molecule has 5 heteroatoms. The van der Waals surface area contributed by atoms with Gasteiger partial charge in [0.05, 0.1) is 0 Å². The van der Waals surface area contributed by atoms with Crippen molar-refractivity contribution in [1.82, 2.24) is 20.1 Å². The highest BCUT2D eigenvalue weighted by molar-refractivity contribution is 5.73. The zero-order chi connectivity index (χ0) is 14.5. The van der Waals surface area contributed by atoms with Crippen LogP contribution in [0.3, 0.4) is 0 Å². The molecule has 20 heavy (non-hydrogen) atoms. The highest BCUT2D eigenvalue weighted by atomic mass is 16.2. The summed E-state index contributed by atoms with van der Waals surface area (Å²) in [5, 5.41) is 3.63. The lowest BCUT2D eigenvalue weighted by molar-refractivity contribution is 0.151. The summed E-state index contributed by atoms with van der Waals surface area (Å²) >= 11 is 0. The number of likely N-dealkylation sites (tertiary alicyclic amines) is 1. The number of pyridine rings is 1. The second-order valence-corrected chi connectivity index (χ2v) is 5.61. The molecular formula is C15H24N4O. The molecule has 2 rings (SSSR count). The molecule has 0 aliphatic carbocycles. The third-order valence-electron chi connectivity index (χ3n) is 3.82. The third kappa shape index (κ3) is 3.70. The summed E-state index contributed by atoms with van der Waals surface area (Å²) in [7, 11) is 3.61. The summed E-state index contributed by atoms with van der Waals surface area (Å²) in [5.41, 5.74) is 1.21. The zero-order valence-electron chi connectivity index (χ0n) is 12.5. The predicted molar refractivity (Wildman–Crippen MR) is 79.5 cm³/mol. The van der Waals surface area contributed by atoms with Crippen LogP contribution in [0.5, 0.6) is 0 Å². The van der Waals surface area contributed by atoms with E-state index in [9.17, 15) is 4.79 Å². The molecule has 2 heterocycles. The van der Waals surface area contributed by atoms with Gasteiger partial charge in [-0.25, -0.2) is 4.79 Å². The fourth-order valence-electron chi connectivity index (χ4n) is 2.60. The number of amides is 2. The van der Waals surface area contributed by atoms with Crippen LogP contribution >= 0.6 is 0 Å². The van der Waals surface area contributed by atoms with Gasteiger partial charge >= 0.3 is 6.03 Å². The second kappa shape index (κ2) is 6.70. The Hall–Kier alpha value is -1.62. The molecule has 1 saturated heterocycles. The Bertz CT molecular complexity index is 427. The van der Waals surface area contributed by atoms with Crippen molar-refractivity contribution in [2.24, 2.45) is 0 Å². The van der Waals surface area contributed by atoms with Gasteiger partial charge in [-0.3, -0.25) is 4.98 Å². The smallest absolute Gasteiger partial charge is 0.319 e. The van der Waals surface area contributed by atoms with Crippen molar-refractivity contribution < 1.29 is 4.79 Å². The fraction of sp³-hybridized carbons (Fsp3) is 0.600. The number of nitrogens with zero attached hydrogens (tertiary/aromatic N) is 3. The van der Waals surface area contributed by atoms with E-state index >= 15 is 0 Å². The van der Waals surface area contributed by atoms with Crippen LogP contribution in [0.2, 0.25) is 0 Å². The monoisotopic (exact) mass is 276 g/mol. The first-order valence-corrected chi connectivity index (χ1v) is 7.20. The minimum absolute atomic E-state index is 0.115. The molecule has 0 radical (unpaired) electrons. The maximum atomic E-state index is 11.9. The number of carbonyl (C=O) groups is 1. The minimum Gasteiger partial charge on any atom is -0.331 e. The van der Waals surface area contributed by atoms with Gasteiger partial charge in [0.1, 0.15) is 0 Å². The molecule has 5 nitrogen and oxygen atoms in total. The van der Waals surface area contributed by atoms with Gasteiger partial charge in [-0.2, -0.15) is 0 Å². The number of hydrogen-bond acceptors (Lipinski definition) is 3. The van der Waals surface area contributed by atoms with Gasteiger partial charge in [0.25, 0.3) is 0 Å². The Morgan fingerprint density at radius 1 is 1.45 bits per heavy atom. The van der Waals surface area contributed by atoms with Gasteiger partial charge in [0.15, 0.2) is 0 Å². The highest BCUT2D eigenvalue weighted by Crippen LogP contribution is 2.17. The molecule has 1 atom stereocenters. The molecule has 1 aliphatic heterocycles. The number of carbonyl (C=O) groups excluding carboxylic acids is 1. The summed E-state index contributed by atoms with van der Waals surface area (Å²) in [4.78, 5) is 19.6. The van der Waals surface area contributed by atoms with Crippen molar-refractivity contribution in [2.45, 2.75) is 31.8 Å². The molecule has 0 unspecified atom stereocenters. The van der Waals surface area contributed by atoms with E-state index in [1.807, 2.05) is 17.2 Å². The van der Waals surface area contributed by atoms with Gasteiger partial charge in [-0.05, 0) is 31.4 Å². The number of rotatable bonds is 3. The van der Waals surface area contributed by atoms with Crippen LogP contribution < -0.4 is 5.32 Å². The predicted octanol–water partition coefficient (Wildman–Crippen LogP) is 1.88. The average Bonchev–Trinajstić information content (AvgIpc) is 2.48. The molecule has 110 valence electrons. The van der Waals surface area contributed by atoms with Crippen LogP contribution in [0.4, 0.5) is 4.79 Å². The van der Waals surface area contributed by atoms with E-state index in [1.54, 1.807) is 25.2 Å². The number of hydrogen-bond donors (Lipinski definition) is 1. The maximum Gasteiger partial charge on any atom is 0.319 e. The van der Waals surface area contributed by atoms with Crippen LogP contribution in [-0.4, -0.2) is 54.0 Å². The summed E-state index contributed by atoms with van der Waals surface area (Å²) in [6, 6.07) is 4.94. The lowest BCUT2D eigenvalue weighted by Gasteiger charge is -2.35. The molecule has 0 saturated carbocycles. The summed E-state index contributed by atoms with van der Waals surface area (Å²) < 4.78 is 0. The molecule has 1 N–H and O–H groups in total. The lowest BCUT2D eigenvalue weighted by Crippen LogP contribution is -2.48. The quantitative estimate of drug-likeness (QED) is 0.917. The molecule has 2 amide bonds. The molecule has 1 fully saturated rings. The molecule has 0 spiro atoms. The first kappa shape index (κ1) is 14.8. The van der Waals surface area contributed by atoms with Gasteiger partial charge in [0.2, 0.25) is 0 Å². The fourth-order valence-corrected chi connectivity index (χ4v) is 2.60. The maximum absolute atomic E-state index is 11.9. The number of nitrogens with one attached hydrogen (secondary N) is 1. The van der Waals surface area contributed by atoms with Crippen LogP contribution in [0.1, 0.15) is 31.4 Å². The Balaban J connectivity index is 1.81. The number of urea groups is 1. The molecular weight excluding hydrogens is 252 g/mol.